The zero-order valence-corrected chi connectivity index (χ0v) is 10.3. The van der Waals surface area contributed by atoms with E-state index in [2.05, 4.69) is 10.3 Å². The van der Waals surface area contributed by atoms with E-state index >= 15 is 0 Å². The summed E-state index contributed by atoms with van der Waals surface area (Å²) in [5.74, 6) is -0.369. The van der Waals surface area contributed by atoms with Gasteiger partial charge in [-0.2, -0.15) is 0 Å². The molecule has 5 heteroatoms. The van der Waals surface area contributed by atoms with Crippen molar-refractivity contribution in [1.29, 1.82) is 0 Å². The summed E-state index contributed by atoms with van der Waals surface area (Å²) in [5, 5.41) is 2.41. The van der Waals surface area contributed by atoms with Crippen molar-refractivity contribution in [2.24, 2.45) is 0 Å². The molecule has 96 valence electrons. The molecule has 5 nitrogen and oxygen atoms in total. The lowest BCUT2D eigenvalue weighted by atomic mass is 10.2. The molecule has 2 rings (SSSR count). The number of hydrogen-bond acceptors (Lipinski definition) is 3. The van der Waals surface area contributed by atoms with Crippen molar-refractivity contribution in [3.05, 3.63) is 30.1 Å². The Bertz CT molecular complexity index is 412. The third-order valence-corrected chi connectivity index (χ3v) is 3.06. The zero-order valence-electron chi connectivity index (χ0n) is 10.3. The first-order valence-corrected chi connectivity index (χ1v) is 6.27. The SMILES string of the molecule is O=C(NC(=O)N1CCCCCC1)c1ccncc1. The summed E-state index contributed by atoms with van der Waals surface area (Å²) in [6, 6.07) is 2.88. The van der Waals surface area contributed by atoms with Gasteiger partial charge in [0.25, 0.3) is 5.91 Å². The number of pyridine rings is 1. The maximum Gasteiger partial charge on any atom is 0.324 e. The van der Waals surface area contributed by atoms with Gasteiger partial charge in [-0.15, -0.1) is 0 Å². The minimum Gasteiger partial charge on any atom is -0.324 e. The fourth-order valence-electron chi connectivity index (χ4n) is 2.03. The van der Waals surface area contributed by atoms with Crippen molar-refractivity contribution in [3.8, 4) is 0 Å². The molecule has 0 spiro atoms. The van der Waals surface area contributed by atoms with Crippen LogP contribution in [-0.2, 0) is 0 Å². The Hall–Kier alpha value is -1.91. The number of nitrogens with one attached hydrogen (secondary N) is 1. The van der Waals surface area contributed by atoms with Crippen LogP contribution in [-0.4, -0.2) is 34.9 Å². The van der Waals surface area contributed by atoms with E-state index in [0.29, 0.717) is 5.56 Å². The molecular formula is C13H17N3O2. The Kier molecular flexibility index (Phi) is 4.28. The monoisotopic (exact) mass is 247 g/mol. The van der Waals surface area contributed by atoms with E-state index < -0.39 is 0 Å². The molecule has 0 atom stereocenters. The molecular weight excluding hydrogens is 230 g/mol. The number of hydrogen-bond donors (Lipinski definition) is 1. The van der Waals surface area contributed by atoms with Crippen molar-refractivity contribution in [1.82, 2.24) is 15.2 Å². The highest BCUT2D eigenvalue weighted by Gasteiger charge is 2.18. The standard InChI is InChI=1S/C13H17N3O2/c17-12(11-5-7-14-8-6-11)15-13(18)16-9-3-1-2-4-10-16/h5-8H,1-4,9-10H2,(H,15,17,18). The molecule has 0 bridgehead atoms. The Morgan fingerprint density at radius 2 is 1.67 bits per heavy atom. The summed E-state index contributed by atoms with van der Waals surface area (Å²) in [6.07, 6.45) is 7.40. The predicted octanol–water partition coefficient (Wildman–Crippen LogP) is 1.81. The average molecular weight is 247 g/mol. The van der Waals surface area contributed by atoms with Crippen LogP contribution < -0.4 is 5.32 Å². The normalized spacial score (nSPS) is 15.9. The minimum absolute atomic E-state index is 0.293. The molecule has 1 aliphatic rings. The first-order valence-electron chi connectivity index (χ1n) is 6.27. The zero-order chi connectivity index (χ0) is 12.8. The second-order valence-corrected chi connectivity index (χ2v) is 4.40. The van der Waals surface area contributed by atoms with Crippen LogP contribution in [0.4, 0.5) is 4.79 Å². The highest BCUT2D eigenvalue weighted by Crippen LogP contribution is 2.09. The summed E-state index contributed by atoms with van der Waals surface area (Å²) in [6.45, 7) is 1.46. The van der Waals surface area contributed by atoms with Crippen LogP contribution in [0.5, 0.6) is 0 Å². The second kappa shape index (κ2) is 6.14. The molecule has 18 heavy (non-hydrogen) atoms. The highest BCUT2D eigenvalue weighted by molar-refractivity contribution is 6.04. The van der Waals surface area contributed by atoms with Crippen molar-refractivity contribution in [2.45, 2.75) is 25.7 Å². The molecule has 0 saturated carbocycles. The number of likely N-dealkylation sites (tertiary alicyclic amines) is 1. The van der Waals surface area contributed by atoms with Crippen molar-refractivity contribution >= 4 is 11.9 Å². The molecule has 0 aliphatic carbocycles. The van der Waals surface area contributed by atoms with Crippen LogP contribution in [0.25, 0.3) is 0 Å². The molecule has 0 unspecified atom stereocenters. The number of aromatic nitrogens is 1. The van der Waals surface area contributed by atoms with E-state index in [1.165, 1.54) is 12.4 Å². The fourth-order valence-corrected chi connectivity index (χ4v) is 2.03. The summed E-state index contributed by atoms with van der Waals surface area (Å²) < 4.78 is 0. The Morgan fingerprint density at radius 1 is 1.06 bits per heavy atom. The van der Waals surface area contributed by atoms with Crippen LogP contribution in [0.3, 0.4) is 0 Å². The first-order chi connectivity index (χ1) is 8.77. The lowest BCUT2D eigenvalue weighted by Gasteiger charge is -2.20. The average Bonchev–Trinajstić information content (AvgIpc) is 2.68. The molecule has 1 aliphatic heterocycles. The van der Waals surface area contributed by atoms with Gasteiger partial charge in [0.2, 0.25) is 0 Å². The number of rotatable bonds is 1. The minimum atomic E-state index is -0.369. The van der Waals surface area contributed by atoms with Gasteiger partial charge < -0.3 is 4.90 Å². The Morgan fingerprint density at radius 3 is 2.28 bits per heavy atom. The van der Waals surface area contributed by atoms with E-state index in [1.54, 1.807) is 17.0 Å². The first kappa shape index (κ1) is 12.5. The summed E-state index contributed by atoms with van der Waals surface area (Å²) in [4.78, 5) is 29.3. The molecule has 1 aromatic heterocycles. The van der Waals surface area contributed by atoms with E-state index in [-0.39, 0.29) is 11.9 Å². The number of nitrogens with zero attached hydrogens (tertiary/aromatic N) is 2. The fraction of sp³-hybridized carbons (Fsp3) is 0.462. The van der Waals surface area contributed by atoms with Crippen LogP contribution >= 0.6 is 0 Å². The highest BCUT2D eigenvalue weighted by atomic mass is 16.2. The third kappa shape index (κ3) is 3.29. The van der Waals surface area contributed by atoms with Gasteiger partial charge in [0.1, 0.15) is 0 Å². The molecule has 0 radical (unpaired) electrons. The number of urea groups is 1. The summed E-state index contributed by atoms with van der Waals surface area (Å²) in [7, 11) is 0. The molecule has 1 fully saturated rings. The largest absolute Gasteiger partial charge is 0.324 e. The van der Waals surface area contributed by atoms with E-state index in [1.807, 2.05) is 0 Å². The van der Waals surface area contributed by atoms with Gasteiger partial charge in [-0.05, 0) is 25.0 Å². The van der Waals surface area contributed by atoms with Crippen molar-refractivity contribution in [2.75, 3.05) is 13.1 Å². The number of carbonyl (C=O) groups is 2. The summed E-state index contributed by atoms with van der Waals surface area (Å²) in [5.41, 5.74) is 0.452. The van der Waals surface area contributed by atoms with Crippen LogP contribution in [0.15, 0.2) is 24.5 Å². The van der Waals surface area contributed by atoms with Crippen molar-refractivity contribution in [3.63, 3.8) is 0 Å². The van der Waals surface area contributed by atoms with Crippen LogP contribution in [0, 0.1) is 0 Å². The van der Waals surface area contributed by atoms with Crippen LogP contribution in [0.2, 0.25) is 0 Å². The molecule has 3 amide bonds. The molecule has 1 aromatic rings. The van der Waals surface area contributed by atoms with Crippen molar-refractivity contribution < 1.29 is 9.59 Å². The maximum absolute atomic E-state index is 11.9. The van der Waals surface area contributed by atoms with Gasteiger partial charge >= 0.3 is 6.03 Å². The molecule has 2 heterocycles. The van der Waals surface area contributed by atoms with Gasteiger partial charge in [0.15, 0.2) is 0 Å². The molecule has 1 N–H and O–H groups in total. The predicted molar refractivity (Wildman–Crippen MR) is 67.1 cm³/mol. The quantitative estimate of drug-likeness (QED) is 0.823. The Balaban J connectivity index is 1.92. The third-order valence-electron chi connectivity index (χ3n) is 3.06. The number of imide groups is 1. The van der Waals surface area contributed by atoms with Gasteiger partial charge in [-0.1, -0.05) is 12.8 Å². The van der Waals surface area contributed by atoms with E-state index in [9.17, 15) is 9.59 Å². The summed E-state index contributed by atoms with van der Waals surface area (Å²) >= 11 is 0. The topological polar surface area (TPSA) is 62.3 Å². The van der Waals surface area contributed by atoms with E-state index in [4.69, 9.17) is 0 Å². The van der Waals surface area contributed by atoms with Gasteiger partial charge in [0.05, 0.1) is 0 Å². The van der Waals surface area contributed by atoms with Gasteiger partial charge in [0, 0.05) is 31.0 Å². The Labute approximate surface area is 106 Å². The molecule has 0 aromatic carbocycles. The molecule has 1 saturated heterocycles. The van der Waals surface area contributed by atoms with Crippen LogP contribution in [0.1, 0.15) is 36.0 Å². The number of amides is 3. The van der Waals surface area contributed by atoms with Gasteiger partial charge in [-0.25, -0.2) is 4.79 Å². The smallest absolute Gasteiger partial charge is 0.324 e. The number of carbonyl (C=O) groups excluding carboxylic acids is 2. The lowest BCUT2D eigenvalue weighted by molar-refractivity contribution is 0.0952. The second-order valence-electron chi connectivity index (χ2n) is 4.40. The maximum atomic E-state index is 11.9. The van der Waals surface area contributed by atoms with E-state index in [0.717, 1.165) is 38.8 Å². The lowest BCUT2D eigenvalue weighted by Crippen LogP contribution is -2.43. The van der Waals surface area contributed by atoms with Gasteiger partial charge in [-0.3, -0.25) is 15.1 Å².